The van der Waals surface area contributed by atoms with Gasteiger partial charge in [0.15, 0.2) is 0 Å². The van der Waals surface area contributed by atoms with Crippen LogP contribution in [-0.2, 0) is 0 Å². The first-order chi connectivity index (χ1) is 12.1. The fourth-order valence-electron chi connectivity index (χ4n) is 3.03. The van der Waals surface area contributed by atoms with Gasteiger partial charge in [-0.2, -0.15) is 4.98 Å². The van der Waals surface area contributed by atoms with Gasteiger partial charge >= 0.3 is 6.01 Å². The molecule has 25 heavy (non-hydrogen) atoms. The van der Waals surface area contributed by atoms with Crippen LogP contribution in [0.4, 0.5) is 11.7 Å². The summed E-state index contributed by atoms with van der Waals surface area (Å²) >= 11 is 0. The lowest BCUT2D eigenvalue weighted by atomic mass is 9.98. The highest BCUT2D eigenvalue weighted by atomic mass is 16.5. The van der Waals surface area contributed by atoms with Crippen molar-refractivity contribution in [3.05, 3.63) is 23.8 Å². The SMILES string of the molecule is CC(C)Nc1cc(-c2noc(N3CCC(CO)CC3)n2)ccc1C=N. The molecule has 1 aromatic heterocycles. The van der Waals surface area contributed by atoms with Crippen molar-refractivity contribution in [3.8, 4) is 11.4 Å². The van der Waals surface area contributed by atoms with E-state index < -0.39 is 0 Å². The lowest BCUT2D eigenvalue weighted by Crippen LogP contribution is -2.34. The van der Waals surface area contributed by atoms with Gasteiger partial charge in [0, 0.05) is 48.8 Å². The number of aromatic nitrogens is 2. The van der Waals surface area contributed by atoms with E-state index in [2.05, 4.69) is 34.2 Å². The molecule has 1 aliphatic heterocycles. The van der Waals surface area contributed by atoms with Crippen LogP contribution in [0.15, 0.2) is 22.7 Å². The molecule has 0 radical (unpaired) electrons. The molecule has 0 spiro atoms. The Bertz CT molecular complexity index is 720. The van der Waals surface area contributed by atoms with Crippen molar-refractivity contribution in [1.29, 1.82) is 5.41 Å². The molecular formula is C18H25N5O2. The Morgan fingerprint density at radius 3 is 2.80 bits per heavy atom. The van der Waals surface area contributed by atoms with E-state index in [0.717, 1.165) is 42.7 Å². The quantitative estimate of drug-likeness (QED) is 0.698. The first-order valence-corrected chi connectivity index (χ1v) is 8.71. The standard InChI is InChI=1S/C18H25N5O2/c1-12(2)20-16-9-14(3-4-15(16)10-19)17-21-18(25-22-17)23-7-5-13(11-24)6-8-23/h3-4,9-10,12-13,19-20,24H,5-8,11H2,1-2H3. The highest BCUT2D eigenvalue weighted by molar-refractivity contribution is 5.87. The van der Waals surface area contributed by atoms with Crippen molar-refractivity contribution >= 4 is 17.9 Å². The number of anilines is 2. The second-order valence-corrected chi connectivity index (χ2v) is 6.76. The summed E-state index contributed by atoms with van der Waals surface area (Å²) in [6, 6.07) is 6.53. The third-order valence-corrected chi connectivity index (χ3v) is 4.47. The van der Waals surface area contributed by atoms with Crippen LogP contribution in [0.5, 0.6) is 0 Å². The summed E-state index contributed by atoms with van der Waals surface area (Å²) in [5, 5.41) is 24.2. The Hall–Kier alpha value is -2.41. The van der Waals surface area contributed by atoms with Crippen LogP contribution in [0.1, 0.15) is 32.3 Å². The highest BCUT2D eigenvalue weighted by Crippen LogP contribution is 2.27. The molecular weight excluding hydrogens is 318 g/mol. The number of aliphatic hydroxyl groups is 1. The molecule has 1 aliphatic rings. The molecule has 0 aliphatic carbocycles. The van der Waals surface area contributed by atoms with Crippen LogP contribution in [-0.4, -0.2) is 47.2 Å². The Morgan fingerprint density at radius 1 is 1.40 bits per heavy atom. The molecule has 0 amide bonds. The third-order valence-electron chi connectivity index (χ3n) is 4.47. The minimum absolute atomic E-state index is 0.244. The molecule has 0 bridgehead atoms. The summed E-state index contributed by atoms with van der Waals surface area (Å²) in [7, 11) is 0. The molecule has 1 saturated heterocycles. The maximum absolute atomic E-state index is 9.24. The summed E-state index contributed by atoms with van der Waals surface area (Å²) in [5.74, 6) is 0.916. The molecule has 2 heterocycles. The number of nitrogens with one attached hydrogen (secondary N) is 2. The van der Waals surface area contributed by atoms with Crippen molar-refractivity contribution in [2.75, 3.05) is 29.9 Å². The normalized spacial score (nSPS) is 15.6. The predicted octanol–water partition coefficient (Wildman–Crippen LogP) is 2.76. The van der Waals surface area contributed by atoms with Gasteiger partial charge in [-0.25, -0.2) is 0 Å². The van der Waals surface area contributed by atoms with E-state index in [1.54, 1.807) is 0 Å². The Balaban J connectivity index is 1.79. The first-order valence-electron chi connectivity index (χ1n) is 8.71. The Labute approximate surface area is 147 Å². The minimum atomic E-state index is 0.244. The molecule has 1 fully saturated rings. The van der Waals surface area contributed by atoms with E-state index in [1.807, 2.05) is 18.2 Å². The average Bonchev–Trinajstić information content (AvgIpc) is 3.11. The largest absolute Gasteiger partial charge is 0.396 e. The van der Waals surface area contributed by atoms with Crippen LogP contribution in [0, 0.1) is 11.3 Å². The van der Waals surface area contributed by atoms with Gasteiger partial charge in [-0.15, -0.1) is 0 Å². The topological polar surface area (TPSA) is 98.3 Å². The molecule has 7 nitrogen and oxygen atoms in total. The summed E-state index contributed by atoms with van der Waals surface area (Å²) in [6.45, 7) is 6.00. The summed E-state index contributed by atoms with van der Waals surface area (Å²) < 4.78 is 5.44. The summed E-state index contributed by atoms with van der Waals surface area (Å²) in [6.07, 6.45) is 3.21. The van der Waals surface area contributed by atoms with E-state index in [4.69, 9.17) is 9.93 Å². The van der Waals surface area contributed by atoms with Crippen molar-refractivity contribution in [3.63, 3.8) is 0 Å². The Kier molecular flexibility index (Phi) is 5.33. The molecule has 3 rings (SSSR count). The third kappa shape index (κ3) is 3.99. The zero-order valence-electron chi connectivity index (χ0n) is 14.7. The van der Waals surface area contributed by atoms with Gasteiger partial charge in [0.25, 0.3) is 0 Å². The van der Waals surface area contributed by atoms with E-state index in [1.165, 1.54) is 6.21 Å². The number of nitrogens with zero attached hydrogens (tertiary/aromatic N) is 3. The van der Waals surface area contributed by atoms with Crippen molar-refractivity contribution < 1.29 is 9.63 Å². The van der Waals surface area contributed by atoms with Gasteiger partial charge in [0.2, 0.25) is 5.82 Å². The Morgan fingerprint density at radius 2 is 2.16 bits per heavy atom. The van der Waals surface area contributed by atoms with Gasteiger partial charge in [-0.3, -0.25) is 0 Å². The fourth-order valence-corrected chi connectivity index (χ4v) is 3.03. The predicted molar refractivity (Wildman–Crippen MR) is 98.4 cm³/mol. The van der Waals surface area contributed by atoms with Gasteiger partial charge in [-0.1, -0.05) is 17.3 Å². The molecule has 1 aromatic carbocycles. The van der Waals surface area contributed by atoms with Crippen molar-refractivity contribution in [1.82, 2.24) is 10.1 Å². The van der Waals surface area contributed by atoms with Crippen LogP contribution < -0.4 is 10.2 Å². The fraction of sp³-hybridized carbons (Fsp3) is 0.500. The zero-order valence-corrected chi connectivity index (χ0v) is 14.7. The molecule has 3 N–H and O–H groups in total. The zero-order chi connectivity index (χ0) is 17.8. The molecule has 134 valence electrons. The van der Waals surface area contributed by atoms with Gasteiger partial charge in [0.1, 0.15) is 0 Å². The number of benzene rings is 1. The lowest BCUT2D eigenvalue weighted by Gasteiger charge is -2.29. The highest BCUT2D eigenvalue weighted by Gasteiger charge is 2.23. The number of hydrogen-bond donors (Lipinski definition) is 3. The molecule has 0 unspecified atom stereocenters. The summed E-state index contributed by atoms with van der Waals surface area (Å²) in [5.41, 5.74) is 2.57. The van der Waals surface area contributed by atoms with E-state index in [9.17, 15) is 5.11 Å². The second-order valence-electron chi connectivity index (χ2n) is 6.76. The number of aliphatic hydroxyl groups excluding tert-OH is 1. The van der Waals surface area contributed by atoms with Crippen LogP contribution in [0.25, 0.3) is 11.4 Å². The van der Waals surface area contributed by atoms with Gasteiger partial charge in [-0.05, 0) is 38.7 Å². The van der Waals surface area contributed by atoms with Crippen molar-refractivity contribution in [2.45, 2.75) is 32.7 Å². The molecule has 0 saturated carbocycles. The van der Waals surface area contributed by atoms with Crippen LogP contribution in [0.2, 0.25) is 0 Å². The maximum Gasteiger partial charge on any atom is 0.324 e. The van der Waals surface area contributed by atoms with E-state index in [-0.39, 0.29) is 12.6 Å². The maximum atomic E-state index is 9.24. The molecule has 2 aromatic rings. The van der Waals surface area contributed by atoms with Gasteiger partial charge < -0.3 is 25.3 Å². The van der Waals surface area contributed by atoms with E-state index >= 15 is 0 Å². The van der Waals surface area contributed by atoms with Gasteiger partial charge in [0.05, 0.1) is 0 Å². The summed E-state index contributed by atoms with van der Waals surface area (Å²) in [4.78, 5) is 6.60. The van der Waals surface area contributed by atoms with Crippen LogP contribution in [0.3, 0.4) is 0 Å². The smallest absolute Gasteiger partial charge is 0.324 e. The first kappa shape index (κ1) is 17.4. The number of piperidine rings is 1. The van der Waals surface area contributed by atoms with Crippen molar-refractivity contribution in [2.24, 2.45) is 5.92 Å². The number of rotatable bonds is 6. The monoisotopic (exact) mass is 343 g/mol. The molecule has 0 atom stereocenters. The average molecular weight is 343 g/mol. The lowest BCUT2D eigenvalue weighted by molar-refractivity contribution is 0.200. The second kappa shape index (κ2) is 7.65. The number of hydrogen-bond acceptors (Lipinski definition) is 7. The molecule has 7 heteroatoms. The minimum Gasteiger partial charge on any atom is -0.396 e. The van der Waals surface area contributed by atoms with E-state index in [0.29, 0.717) is 17.8 Å². The van der Waals surface area contributed by atoms with Crippen LogP contribution >= 0.6 is 0 Å².